The second kappa shape index (κ2) is 6.67. The van der Waals surface area contributed by atoms with E-state index in [2.05, 4.69) is 24.9 Å². The van der Waals surface area contributed by atoms with E-state index < -0.39 is 6.10 Å². The highest BCUT2D eigenvalue weighted by molar-refractivity contribution is 5.84. The maximum Gasteiger partial charge on any atom is 0.0839 e. The Kier molecular flexibility index (Phi) is 4.92. The molecule has 1 aromatic carbocycles. The first kappa shape index (κ1) is 14.0. The maximum atomic E-state index is 10.7. The summed E-state index contributed by atoms with van der Waals surface area (Å²) < 4.78 is 0. The van der Waals surface area contributed by atoms with Gasteiger partial charge in [-0.25, -0.2) is 0 Å². The molecule has 0 saturated carbocycles. The quantitative estimate of drug-likeness (QED) is 0.827. The largest absolute Gasteiger partial charge is 0.388 e. The monoisotopic (exact) mass is 257 g/mol. The lowest BCUT2D eigenvalue weighted by molar-refractivity contribution is 0.0975. The second-order valence-electron chi connectivity index (χ2n) is 5.23. The van der Waals surface area contributed by atoms with Gasteiger partial charge in [0.2, 0.25) is 0 Å². The van der Waals surface area contributed by atoms with Crippen molar-refractivity contribution in [1.29, 1.82) is 0 Å². The fourth-order valence-corrected chi connectivity index (χ4v) is 2.83. The highest BCUT2D eigenvalue weighted by Gasteiger charge is 2.21. The van der Waals surface area contributed by atoms with Crippen LogP contribution in [0.2, 0.25) is 0 Å². The number of aliphatic hydroxyl groups excluding tert-OH is 1. The summed E-state index contributed by atoms with van der Waals surface area (Å²) in [7, 11) is 0. The molecule has 1 unspecified atom stereocenters. The van der Waals surface area contributed by atoms with E-state index in [4.69, 9.17) is 0 Å². The normalized spacial score (nSPS) is 13.1. The first-order valence-corrected chi connectivity index (χ1v) is 7.28. The molecule has 102 valence electrons. The third-order valence-electron chi connectivity index (χ3n) is 3.78. The molecular formula is C17H23NO. The number of nitrogens with zero attached hydrogens (tertiary/aromatic N) is 1. The molecule has 1 atom stereocenters. The Hall–Kier alpha value is -1.41. The zero-order valence-corrected chi connectivity index (χ0v) is 11.8. The molecule has 2 nitrogen and oxygen atoms in total. The number of hydrogen-bond donors (Lipinski definition) is 1. The summed E-state index contributed by atoms with van der Waals surface area (Å²) in [5.74, 6) is 0.336. The molecule has 2 aromatic rings. The Morgan fingerprint density at radius 2 is 1.74 bits per heavy atom. The summed E-state index contributed by atoms with van der Waals surface area (Å²) in [6, 6.07) is 8.15. The molecule has 0 bridgehead atoms. The highest BCUT2D eigenvalue weighted by atomic mass is 16.3. The van der Waals surface area contributed by atoms with Gasteiger partial charge in [-0.15, -0.1) is 0 Å². The van der Waals surface area contributed by atoms with Gasteiger partial charge in [0.05, 0.1) is 6.10 Å². The number of benzene rings is 1. The fourth-order valence-electron chi connectivity index (χ4n) is 2.83. The lowest BCUT2D eigenvalue weighted by atomic mass is 9.87. The van der Waals surface area contributed by atoms with Gasteiger partial charge >= 0.3 is 0 Å². The Morgan fingerprint density at radius 3 is 2.42 bits per heavy atom. The number of fused-ring (bicyclic) bond motifs is 1. The van der Waals surface area contributed by atoms with Crippen molar-refractivity contribution < 1.29 is 5.11 Å². The van der Waals surface area contributed by atoms with Crippen molar-refractivity contribution in [2.75, 3.05) is 0 Å². The van der Waals surface area contributed by atoms with E-state index in [-0.39, 0.29) is 0 Å². The molecule has 1 aromatic heterocycles. The minimum atomic E-state index is -0.404. The van der Waals surface area contributed by atoms with Crippen molar-refractivity contribution in [3.05, 3.63) is 42.2 Å². The second-order valence-corrected chi connectivity index (χ2v) is 5.23. The molecule has 1 heterocycles. The Morgan fingerprint density at radius 1 is 1.05 bits per heavy atom. The van der Waals surface area contributed by atoms with Gasteiger partial charge in [-0.05, 0) is 24.1 Å². The first-order valence-electron chi connectivity index (χ1n) is 7.28. The number of aromatic nitrogens is 1. The van der Waals surface area contributed by atoms with Crippen LogP contribution in [-0.2, 0) is 0 Å². The summed E-state index contributed by atoms with van der Waals surface area (Å²) in [4.78, 5) is 4.28. The molecule has 0 aliphatic rings. The zero-order valence-electron chi connectivity index (χ0n) is 11.8. The van der Waals surface area contributed by atoms with Crippen LogP contribution < -0.4 is 0 Å². The van der Waals surface area contributed by atoms with Crippen LogP contribution >= 0.6 is 0 Å². The van der Waals surface area contributed by atoms with Gasteiger partial charge in [0, 0.05) is 23.3 Å². The standard InChI is InChI=1S/C17H23NO/c1-3-7-13(8-4-2)17(19)16-12-18-11-14-9-5-6-10-15(14)16/h5-6,9-13,17,19H,3-4,7-8H2,1-2H3. The van der Waals surface area contributed by atoms with Crippen LogP contribution in [0.5, 0.6) is 0 Å². The van der Waals surface area contributed by atoms with Crippen molar-refractivity contribution in [2.45, 2.75) is 45.6 Å². The molecule has 0 fully saturated rings. The Labute approximate surface area is 115 Å². The Balaban J connectivity index is 2.36. The topological polar surface area (TPSA) is 33.1 Å². The van der Waals surface area contributed by atoms with E-state index in [1.165, 1.54) is 0 Å². The van der Waals surface area contributed by atoms with Gasteiger partial charge in [-0.3, -0.25) is 4.98 Å². The summed E-state index contributed by atoms with van der Waals surface area (Å²) in [5, 5.41) is 12.9. The molecule has 2 rings (SSSR count). The van der Waals surface area contributed by atoms with Crippen LogP contribution in [-0.4, -0.2) is 10.1 Å². The Bertz CT molecular complexity index is 512. The van der Waals surface area contributed by atoms with Crippen LogP contribution in [0.4, 0.5) is 0 Å². The number of hydrogen-bond acceptors (Lipinski definition) is 2. The van der Waals surface area contributed by atoms with E-state index in [0.29, 0.717) is 5.92 Å². The summed E-state index contributed by atoms with van der Waals surface area (Å²) in [5.41, 5.74) is 0.977. The van der Waals surface area contributed by atoms with Crippen LogP contribution in [0.25, 0.3) is 10.8 Å². The first-order chi connectivity index (χ1) is 9.27. The smallest absolute Gasteiger partial charge is 0.0839 e. The van der Waals surface area contributed by atoms with Gasteiger partial charge < -0.3 is 5.11 Å². The van der Waals surface area contributed by atoms with Crippen LogP contribution in [0.3, 0.4) is 0 Å². The number of pyridine rings is 1. The third-order valence-corrected chi connectivity index (χ3v) is 3.78. The third kappa shape index (κ3) is 3.13. The maximum absolute atomic E-state index is 10.7. The molecular weight excluding hydrogens is 234 g/mol. The predicted molar refractivity (Wildman–Crippen MR) is 80.0 cm³/mol. The highest BCUT2D eigenvalue weighted by Crippen LogP contribution is 2.32. The van der Waals surface area contributed by atoms with E-state index in [1.807, 2.05) is 30.6 Å². The summed E-state index contributed by atoms with van der Waals surface area (Å²) in [6.45, 7) is 4.35. The van der Waals surface area contributed by atoms with Crippen LogP contribution in [0.1, 0.15) is 51.2 Å². The van der Waals surface area contributed by atoms with Gasteiger partial charge in [0.1, 0.15) is 0 Å². The lowest BCUT2D eigenvalue weighted by Gasteiger charge is -2.23. The summed E-state index contributed by atoms with van der Waals surface area (Å²) >= 11 is 0. The van der Waals surface area contributed by atoms with Crippen molar-refractivity contribution >= 4 is 10.8 Å². The zero-order chi connectivity index (χ0) is 13.7. The van der Waals surface area contributed by atoms with E-state index in [0.717, 1.165) is 42.0 Å². The van der Waals surface area contributed by atoms with Gasteiger partial charge in [-0.1, -0.05) is 51.0 Å². The summed E-state index contributed by atoms with van der Waals surface area (Å²) in [6.07, 6.45) is 7.64. The molecule has 0 radical (unpaired) electrons. The van der Waals surface area contributed by atoms with Crippen molar-refractivity contribution in [2.24, 2.45) is 5.92 Å². The van der Waals surface area contributed by atoms with Crippen LogP contribution in [0, 0.1) is 5.92 Å². The van der Waals surface area contributed by atoms with Crippen molar-refractivity contribution in [3.63, 3.8) is 0 Å². The minimum absolute atomic E-state index is 0.336. The molecule has 1 N–H and O–H groups in total. The van der Waals surface area contributed by atoms with Gasteiger partial charge in [-0.2, -0.15) is 0 Å². The number of rotatable bonds is 6. The number of aliphatic hydroxyl groups is 1. The molecule has 0 amide bonds. The fraction of sp³-hybridized carbons (Fsp3) is 0.471. The average molecular weight is 257 g/mol. The van der Waals surface area contributed by atoms with Crippen molar-refractivity contribution in [3.8, 4) is 0 Å². The molecule has 0 spiro atoms. The van der Waals surface area contributed by atoms with Crippen molar-refractivity contribution in [1.82, 2.24) is 4.98 Å². The molecule has 0 saturated heterocycles. The molecule has 2 heteroatoms. The van der Waals surface area contributed by atoms with Crippen LogP contribution in [0.15, 0.2) is 36.7 Å². The average Bonchev–Trinajstić information content (AvgIpc) is 2.46. The minimum Gasteiger partial charge on any atom is -0.388 e. The van der Waals surface area contributed by atoms with E-state index in [1.54, 1.807) is 0 Å². The SMILES string of the molecule is CCCC(CCC)C(O)c1cncc2ccccc12. The van der Waals surface area contributed by atoms with Gasteiger partial charge in [0.15, 0.2) is 0 Å². The molecule has 0 aliphatic heterocycles. The predicted octanol–water partition coefficient (Wildman–Crippen LogP) is 4.48. The lowest BCUT2D eigenvalue weighted by Crippen LogP contribution is -2.13. The van der Waals surface area contributed by atoms with Gasteiger partial charge in [0.25, 0.3) is 0 Å². The molecule has 19 heavy (non-hydrogen) atoms. The van der Waals surface area contributed by atoms with E-state index >= 15 is 0 Å². The van der Waals surface area contributed by atoms with E-state index in [9.17, 15) is 5.11 Å². The molecule has 0 aliphatic carbocycles.